The monoisotopic (exact) mass is 313 g/mol. The lowest BCUT2D eigenvalue weighted by Gasteiger charge is -2.15. The quantitative estimate of drug-likeness (QED) is 0.874. The lowest BCUT2D eigenvalue weighted by molar-refractivity contribution is -0.127. The predicted octanol–water partition coefficient (Wildman–Crippen LogP) is 3.38. The highest BCUT2D eigenvalue weighted by Crippen LogP contribution is 2.17. The number of nitrogens with one attached hydrogen (secondary N) is 1. The lowest BCUT2D eigenvalue weighted by atomic mass is 10.1. The van der Waals surface area contributed by atoms with Gasteiger partial charge in [0, 0.05) is 11.0 Å². The number of rotatable bonds is 6. The summed E-state index contributed by atoms with van der Waals surface area (Å²) in [5, 5.41) is 2.87. The second kappa shape index (κ2) is 7.41. The fourth-order valence-electron chi connectivity index (χ4n) is 1.40. The molecule has 1 rings (SSSR count). The van der Waals surface area contributed by atoms with E-state index in [0.717, 1.165) is 10.9 Å². The number of amides is 1. The SMILES string of the molecule is CC(C)CCNC(=O)C(C)Oc1ccc(Br)cc1. The molecule has 0 saturated heterocycles. The highest BCUT2D eigenvalue weighted by molar-refractivity contribution is 9.10. The van der Waals surface area contributed by atoms with Crippen molar-refractivity contribution in [2.45, 2.75) is 33.3 Å². The van der Waals surface area contributed by atoms with E-state index in [9.17, 15) is 4.79 Å². The van der Waals surface area contributed by atoms with Crippen LogP contribution in [0.5, 0.6) is 5.75 Å². The number of benzene rings is 1. The first-order valence-electron chi connectivity index (χ1n) is 6.19. The van der Waals surface area contributed by atoms with E-state index in [0.29, 0.717) is 18.2 Å². The standard InChI is InChI=1S/C14H20BrNO2/c1-10(2)8-9-16-14(17)11(3)18-13-6-4-12(15)5-7-13/h4-7,10-11H,8-9H2,1-3H3,(H,16,17). The van der Waals surface area contributed by atoms with Crippen LogP contribution in [0.25, 0.3) is 0 Å². The van der Waals surface area contributed by atoms with Crippen LogP contribution in [-0.4, -0.2) is 18.6 Å². The first-order chi connectivity index (χ1) is 8.49. The molecule has 0 fully saturated rings. The van der Waals surface area contributed by atoms with Gasteiger partial charge in [-0.2, -0.15) is 0 Å². The van der Waals surface area contributed by atoms with E-state index in [-0.39, 0.29) is 5.91 Å². The molecule has 18 heavy (non-hydrogen) atoms. The first-order valence-corrected chi connectivity index (χ1v) is 6.98. The normalized spacial score (nSPS) is 12.3. The third-order valence-corrected chi connectivity index (χ3v) is 3.05. The molecule has 0 aliphatic heterocycles. The molecule has 100 valence electrons. The van der Waals surface area contributed by atoms with Gasteiger partial charge in [-0.15, -0.1) is 0 Å². The van der Waals surface area contributed by atoms with E-state index in [1.54, 1.807) is 6.92 Å². The molecule has 0 spiro atoms. The predicted molar refractivity (Wildman–Crippen MR) is 76.7 cm³/mol. The summed E-state index contributed by atoms with van der Waals surface area (Å²) in [6.45, 7) is 6.72. The van der Waals surface area contributed by atoms with Gasteiger partial charge >= 0.3 is 0 Å². The van der Waals surface area contributed by atoms with Gasteiger partial charge in [0.1, 0.15) is 5.75 Å². The minimum Gasteiger partial charge on any atom is -0.481 e. The molecule has 1 aromatic rings. The van der Waals surface area contributed by atoms with Crippen molar-refractivity contribution in [3.05, 3.63) is 28.7 Å². The average Bonchev–Trinajstić information content (AvgIpc) is 2.31. The van der Waals surface area contributed by atoms with Crippen LogP contribution in [0.15, 0.2) is 28.7 Å². The highest BCUT2D eigenvalue weighted by atomic mass is 79.9. The zero-order valence-electron chi connectivity index (χ0n) is 11.1. The molecule has 0 saturated carbocycles. The summed E-state index contributed by atoms with van der Waals surface area (Å²) in [5.41, 5.74) is 0. The van der Waals surface area contributed by atoms with Crippen LogP contribution in [0.3, 0.4) is 0 Å². The van der Waals surface area contributed by atoms with E-state index in [1.165, 1.54) is 0 Å². The molecule has 3 nitrogen and oxygen atoms in total. The topological polar surface area (TPSA) is 38.3 Å². The molecular formula is C14H20BrNO2. The maximum absolute atomic E-state index is 11.8. The van der Waals surface area contributed by atoms with E-state index < -0.39 is 6.10 Å². The summed E-state index contributed by atoms with van der Waals surface area (Å²) in [6.07, 6.45) is 0.509. The Morgan fingerprint density at radius 1 is 1.28 bits per heavy atom. The Balaban J connectivity index is 2.37. The van der Waals surface area contributed by atoms with Crippen LogP contribution in [0.4, 0.5) is 0 Å². The summed E-state index contributed by atoms with van der Waals surface area (Å²) in [5.74, 6) is 1.22. The molecule has 0 bridgehead atoms. The average molecular weight is 314 g/mol. The van der Waals surface area contributed by atoms with Crippen LogP contribution in [0.1, 0.15) is 27.2 Å². The molecule has 0 aliphatic carbocycles. The fraction of sp³-hybridized carbons (Fsp3) is 0.500. The van der Waals surface area contributed by atoms with Gasteiger partial charge in [-0.25, -0.2) is 0 Å². The van der Waals surface area contributed by atoms with Gasteiger partial charge in [0.25, 0.3) is 5.91 Å². The maximum atomic E-state index is 11.8. The third-order valence-electron chi connectivity index (χ3n) is 2.52. The van der Waals surface area contributed by atoms with Crippen molar-refractivity contribution in [3.8, 4) is 5.75 Å². The third kappa shape index (κ3) is 5.54. The Labute approximate surface area is 117 Å². The molecule has 4 heteroatoms. The molecule has 0 radical (unpaired) electrons. The molecule has 1 unspecified atom stereocenters. The Hall–Kier alpha value is -1.03. The van der Waals surface area contributed by atoms with Gasteiger partial charge in [-0.1, -0.05) is 29.8 Å². The highest BCUT2D eigenvalue weighted by Gasteiger charge is 2.13. The Morgan fingerprint density at radius 2 is 1.89 bits per heavy atom. The van der Waals surface area contributed by atoms with Crippen molar-refractivity contribution in [2.75, 3.05) is 6.54 Å². The van der Waals surface area contributed by atoms with Crippen LogP contribution in [0, 0.1) is 5.92 Å². The van der Waals surface area contributed by atoms with E-state index >= 15 is 0 Å². The number of hydrogen-bond donors (Lipinski definition) is 1. The van der Waals surface area contributed by atoms with Crippen molar-refractivity contribution in [3.63, 3.8) is 0 Å². The van der Waals surface area contributed by atoms with Gasteiger partial charge in [0.2, 0.25) is 0 Å². The van der Waals surface area contributed by atoms with Crippen LogP contribution in [-0.2, 0) is 4.79 Å². The molecular weight excluding hydrogens is 294 g/mol. The van der Waals surface area contributed by atoms with Crippen molar-refractivity contribution < 1.29 is 9.53 Å². The van der Waals surface area contributed by atoms with Gasteiger partial charge in [-0.3, -0.25) is 4.79 Å². The molecule has 1 atom stereocenters. The minimum atomic E-state index is -0.474. The Morgan fingerprint density at radius 3 is 2.44 bits per heavy atom. The fourth-order valence-corrected chi connectivity index (χ4v) is 1.66. The van der Waals surface area contributed by atoms with Crippen molar-refractivity contribution in [2.24, 2.45) is 5.92 Å². The molecule has 0 heterocycles. The molecule has 0 aliphatic rings. The number of carbonyl (C=O) groups excluding carboxylic acids is 1. The summed E-state index contributed by atoms with van der Waals surface area (Å²) in [6, 6.07) is 7.45. The second-order valence-corrected chi connectivity index (χ2v) is 5.60. The largest absolute Gasteiger partial charge is 0.481 e. The van der Waals surface area contributed by atoms with E-state index in [1.807, 2.05) is 24.3 Å². The number of ether oxygens (including phenoxy) is 1. The second-order valence-electron chi connectivity index (χ2n) is 4.69. The number of halogens is 1. The molecule has 1 aromatic carbocycles. The molecule has 1 amide bonds. The summed E-state index contributed by atoms with van der Waals surface area (Å²) in [4.78, 5) is 11.8. The van der Waals surface area contributed by atoms with E-state index in [4.69, 9.17) is 4.74 Å². The smallest absolute Gasteiger partial charge is 0.260 e. The summed E-state index contributed by atoms with van der Waals surface area (Å²) < 4.78 is 6.55. The van der Waals surface area contributed by atoms with Gasteiger partial charge in [-0.05, 0) is 43.5 Å². The van der Waals surface area contributed by atoms with E-state index in [2.05, 4.69) is 35.1 Å². The maximum Gasteiger partial charge on any atom is 0.260 e. The van der Waals surface area contributed by atoms with Crippen LogP contribution >= 0.6 is 15.9 Å². The Bertz CT molecular complexity index is 376. The zero-order valence-corrected chi connectivity index (χ0v) is 12.7. The van der Waals surface area contributed by atoms with Gasteiger partial charge in [0.05, 0.1) is 0 Å². The van der Waals surface area contributed by atoms with Crippen molar-refractivity contribution in [1.29, 1.82) is 0 Å². The van der Waals surface area contributed by atoms with Crippen LogP contribution < -0.4 is 10.1 Å². The Kier molecular flexibility index (Phi) is 6.19. The zero-order chi connectivity index (χ0) is 13.5. The molecule has 0 aromatic heterocycles. The molecule has 1 N–H and O–H groups in total. The van der Waals surface area contributed by atoms with Gasteiger partial charge < -0.3 is 10.1 Å². The van der Waals surface area contributed by atoms with Crippen molar-refractivity contribution in [1.82, 2.24) is 5.32 Å². The number of carbonyl (C=O) groups is 1. The minimum absolute atomic E-state index is 0.0708. The number of hydrogen-bond acceptors (Lipinski definition) is 2. The summed E-state index contributed by atoms with van der Waals surface area (Å²) >= 11 is 3.35. The van der Waals surface area contributed by atoms with Gasteiger partial charge in [0.15, 0.2) is 6.10 Å². The van der Waals surface area contributed by atoms with Crippen LogP contribution in [0.2, 0.25) is 0 Å². The van der Waals surface area contributed by atoms with Crippen molar-refractivity contribution >= 4 is 21.8 Å². The summed E-state index contributed by atoms with van der Waals surface area (Å²) in [7, 11) is 0. The lowest BCUT2D eigenvalue weighted by Crippen LogP contribution is -2.37. The first kappa shape index (κ1) is 15.0.